The second kappa shape index (κ2) is 8.15. The number of amides is 2. The number of fused-ring (bicyclic) bond motifs is 1. The van der Waals surface area contributed by atoms with Gasteiger partial charge in [0.25, 0.3) is 5.91 Å². The molecule has 3 N–H and O–H groups in total. The van der Waals surface area contributed by atoms with Crippen molar-refractivity contribution in [2.45, 2.75) is 46.3 Å². The van der Waals surface area contributed by atoms with Gasteiger partial charge in [0, 0.05) is 18.7 Å². The molecule has 0 bridgehead atoms. The Morgan fingerprint density at radius 2 is 2.00 bits per heavy atom. The quantitative estimate of drug-likeness (QED) is 0.670. The van der Waals surface area contributed by atoms with Gasteiger partial charge in [0.15, 0.2) is 0 Å². The minimum atomic E-state index is -0.252. The van der Waals surface area contributed by atoms with Gasteiger partial charge in [-0.05, 0) is 44.4 Å². The summed E-state index contributed by atoms with van der Waals surface area (Å²) in [5.74, 6) is -0.0299. The molecular weight excluding hydrogens is 306 g/mol. The fourth-order valence-electron chi connectivity index (χ4n) is 2.52. The van der Waals surface area contributed by atoms with Crippen LogP contribution in [0.25, 0.3) is 0 Å². The first-order valence-corrected chi connectivity index (χ1v) is 8.49. The van der Waals surface area contributed by atoms with Gasteiger partial charge < -0.3 is 20.7 Å². The molecule has 1 aliphatic heterocycles. The van der Waals surface area contributed by atoms with Gasteiger partial charge in [0.2, 0.25) is 5.91 Å². The molecule has 0 spiro atoms. The molecule has 0 fully saturated rings. The van der Waals surface area contributed by atoms with E-state index in [1.54, 1.807) is 12.1 Å². The van der Waals surface area contributed by atoms with E-state index in [4.69, 9.17) is 4.74 Å². The standard InChI is InChI=1S/C18H27N3O3/c1-11(2)16-18(23)21-15-10-13(6-7-14(15)20-16)17(22)19-8-5-9-24-12(3)4/h6-7,10-12,16,20H,5,8-9H2,1-4H3,(H,19,22)(H,21,23). The van der Waals surface area contributed by atoms with Gasteiger partial charge in [0.05, 0.1) is 17.5 Å². The number of rotatable bonds is 7. The number of carbonyl (C=O) groups is 2. The van der Waals surface area contributed by atoms with E-state index in [1.165, 1.54) is 0 Å². The Morgan fingerprint density at radius 3 is 2.67 bits per heavy atom. The van der Waals surface area contributed by atoms with Crippen LogP contribution in [0.4, 0.5) is 11.4 Å². The zero-order valence-electron chi connectivity index (χ0n) is 14.8. The first-order chi connectivity index (χ1) is 11.4. The van der Waals surface area contributed by atoms with Crippen molar-refractivity contribution in [3.05, 3.63) is 23.8 Å². The van der Waals surface area contributed by atoms with E-state index >= 15 is 0 Å². The first kappa shape index (κ1) is 18.3. The van der Waals surface area contributed by atoms with E-state index in [-0.39, 0.29) is 29.9 Å². The van der Waals surface area contributed by atoms with Crippen molar-refractivity contribution < 1.29 is 14.3 Å². The highest BCUT2D eigenvalue weighted by Crippen LogP contribution is 2.29. The zero-order chi connectivity index (χ0) is 17.7. The van der Waals surface area contributed by atoms with Crippen LogP contribution in [0.3, 0.4) is 0 Å². The topological polar surface area (TPSA) is 79.5 Å². The second-order valence-corrected chi connectivity index (χ2v) is 6.64. The molecular formula is C18H27N3O3. The predicted octanol–water partition coefficient (Wildman–Crippen LogP) is 2.62. The molecule has 1 unspecified atom stereocenters. The predicted molar refractivity (Wildman–Crippen MR) is 95.4 cm³/mol. The maximum atomic E-state index is 12.2. The fourth-order valence-corrected chi connectivity index (χ4v) is 2.52. The minimum Gasteiger partial charge on any atom is -0.379 e. The lowest BCUT2D eigenvalue weighted by molar-refractivity contribution is -0.117. The third-order valence-electron chi connectivity index (χ3n) is 3.86. The zero-order valence-corrected chi connectivity index (χ0v) is 14.8. The summed E-state index contributed by atoms with van der Waals surface area (Å²) in [6, 6.07) is 5.05. The van der Waals surface area contributed by atoms with E-state index in [1.807, 2.05) is 33.8 Å². The molecule has 0 aliphatic carbocycles. The highest BCUT2D eigenvalue weighted by atomic mass is 16.5. The summed E-state index contributed by atoms with van der Waals surface area (Å²) in [4.78, 5) is 24.3. The second-order valence-electron chi connectivity index (χ2n) is 6.64. The van der Waals surface area contributed by atoms with E-state index in [0.717, 1.165) is 12.1 Å². The molecule has 1 aromatic carbocycles. The average Bonchev–Trinajstić information content (AvgIpc) is 2.52. The summed E-state index contributed by atoms with van der Waals surface area (Å²) >= 11 is 0. The molecule has 1 aromatic rings. The lowest BCUT2D eigenvalue weighted by Gasteiger charge is -2.29. The minimum absolute atomic E-state index is 0.0686. The average molecular weight is 333 g/mol. The van der Waals surface area contributed by atoms with Gasteiger partial charge in [-0.2, -0.15) is 0 Å². The Balaban J connectivity index is 1.93. The fraction of sp³-hybridized carbons (Fsp3) is 0.556. The summed E-state index contributed by atoms with van der Waals surface area (Å²) in [5, 5.41) is 8.96. The van der Waals surface area contributed by atoms with Gasteiger partial charge >= 0.3 is 0 Å². The monoisotopic (exact) mass is 333 g/mol. The normalized spacial score (nSPS) is 16.6. The van der Waals surface area contributed by atoms with Crippen LogP contribution in [-0.4, -0.2) is 37.1 Å². The number of hydrogen-bond donors (Lipinski definition) is 3. The number of carbonyl (C=O) groups excluding carboxylic acids is 2. The molecule has 2 rings (SSSR count). The molecule has 0 aromatic heterocycles. The van der Waals surface area contributed by atoms with Crippen LogP contribution >= 0.6 is 0 Å². The summed E-state index contributed by atoms with van der Waals surface area (Å²) in [6.45, 7) is 9.14. The van der Waals surface area contributed by atoms with Crippen molar-refractivity contribution in [2.75, 3.05) is 23.8 Å². The molecule has 0 radical (unpaired) electrons. The Hall–Kier alpha value is -2.08. The maximum absolute atomic E-state index is 12.2. The molecule has 1 heterocycles. The Labute approximate surface area is 143 Å². The van der Waals surface area contributed by atoms with Crippen molar-refractivity contribution in [1.82, 2.24) is 5.32 Å². The summed E-state index contributed by atoms with van der Waals surface area (Å²) < 4.78 is 5.44. The first-order valence-electron chi connectivity index (χ1n) is 8.49. The Bertz CT molecular complexity index is 599. The molecule has 6 heteroatoms. The van der Waals surface area contributed by atoms with Gasteiger partial charge in [-0.25, -0.2) is 0 Å². The maximum Gasteiger partial charge on any atom is 0.251 e. The summed E-state index contributed by atoms with van der Waals surface area (Å²) in [7, 11) is 0. The van der Waals surface area contributed by atoms with E-state index < -0.39 is 0 Å². The number of nitrogens with one attached hydrogen (secondary N) is 3. The lowest BCUT2D eigenvalue weighted by Crippen LogP contribution is -2.42. The molecule has 0 saturated heterocycles. The van der Waals surface area contributed by atoms with Crippen LogP contribution in [0, 0.1) is 5.92 Å². The molecule has 24 heavy (non-hydrogen) atoms. The van der Waals surface area contributed by atoms with Gasteiger partial charge in [0.1, 0.15) is 6.04 Å². The van der Waals surface area contributed by atoms with Crippen LogP contribution < -0.4 is 16.0 Å². The molecule has 1 aliphatic rings. The smallest absolute Gasteiger partial charge is 0.251 e. The van der Waals surface area contributed by atoms with Crippen LogP contribution in [0.1, 0.15) is 44.5 Å². The van der Waals surface area contributed by atoms with Crippen LogP contribution in [0.5, 0.6) is 0 Å². The van der Waals surface area contributed by atoms with E-state index in [2.05, 4.69) is 16.0 Å². The van der Waals surface area contributed by atoms with Gasteiger partial charge in [-0.15, -0.1) is 0 Å². The van der Waals surface area contributed by atoms with Crippen LogP contribution in [0.15, 0.2) is 18.2 Å². The van der Waals surface area contributed by atoms with E-state index in [9.17, 15) is 9.59 Å². The van der Waals surface area contributed by atoms with Crippen molar-refractivity contribution in [3.63, 3.8) is 0 Å². The Morgan fingerprint density at radius 1 is 1.25 bits per heavy atom. The number of ether oxygens (including phenoxy) is 1. The van der Waals surface area contributed by atoms with E-state index in [0.29, 0.717) is 24.4 Å². The van der Waals surface area contributed by atoms with Crippen molar-refractivity contribution in [1.29, 1.82) is 0 Å². The van der Waals surface area contributed by atoms with Crippen molar-refractivity contribution in [3.8, 4) is 0 Å². The van der Waals surface area contributed by atoms with Crippen LogP contribution in [-0.2, 0) is 9.53 Å². The highest BCUT2D eigenvalue weighted by molar-refractivity contribution is 6.05. The number of hydrogen-bond acceptors (Lipinski definition) is 4. The molecule has 0 saturated carbocycles. The number of anilines is 2. The Kier molecular flexibility index (Phi) is 6.20. The van der Waals surface area contributed by atoms with Crippen LogP contribution in [0.2, 0.25) is 0 Å². The van der Waals surface area contributed by atoms with Crippen molar-refractivity contribution >= 4 is 23.2 Å². The summed E-state index contributed by atoms with van der Waals surface area (Å²) in [5.41, 5.74) is 2.02. The third-order valence-corrected chi connectivity index (χ3v) is 3.86. The van der Waals surface area contributed by atoms with Gasteiger partial charge in [-0.1, -0.05) is 13.8 Å². The molecule has 2 amide bonds. The van der Waals surface area contributed by atoms with Gasteiger partial charge in [-0.3, -0.25) is 9.59 Å². The largest absolute Gasteiger partial charge is 0.379 e. The number of benzene rings is 1. The molecule has 6 nitrogen and oxygen atoms in total. The molecule has 132 valence electrons. The SMILES string of the molecule is CC(C)OCCCNC(=O)c1ccc2c(c1)NC(=O)C(C(C)C)N2. The van der Waals surface area contributed by atoms with Crippen molar-refractivity contribution in [2.24, 2.45) is 5.92 Å². The lowest BCUT2D eigenvalue weighted by atomic mass is 9.99. The molecule has 1 atom stereocenters. The highest BCUT2D eigenvalue weighted by Gasteiger charge is 2.28. The summed E-state index contributed by atoms with van der Waals surface area (Å²) in [6.07, 6.45) is 0.968. The third kappa shape index (κ3) is 4.71.